The van der Waals surface area contributed by atoms with Crippen molar-refractivity contribution in [3.63, 3.8) is 0 Å². The largest absolute Gasteiger partial charge is 0.492 e. The van der Waals surface area contributed by atoms with Crippen molar-refractivity contribution in [2.24, 2.45) is 5.90 Å². The van der Waals surface area contributed by atoms with E-state index in [-0.39, 0.29) is 0 Å². The number of likely N-dealkylation sites (N-methyl/N-ethyl adjacent to an activating group) is 1. The number of thiol groups is 1. The minimum absolute atomic E-state index is 0.308. The molecule has 0 aliphatic carbocycles. The Bertz CT molecular complexity index is 703. The van der Waals surface area contributed by atoms with Gasteiger partial charge in [0.25, 0.3) is 0 Å². The van der Waals surface area contributed by atoms with E-state index < -0.39 is 0 Å². The van der Waals surface area contributed by atoms with E-state index in [0.29, 0.717) is 12.5 Å². The molecule has 0 aromatic heterocycles. The highest BCUT2D eigenvalue weighted by Crippen LogP contribution is 2.23. The molecule has 1 unspecified atom stereocenters. The average Bonchev–Trinajstić information content (AvgIpc) is 2.63. The Hall–Kier alpha value is -1.99. The summed E-state index contributed by atoms with van der Waals surface area (Å²) in [6.45, 7) is 5.65. The van der Waals surface area contributed by atoms with Crippen LogP contribution in [0.15, 0.2) is 48.5 Å². The molecule has 4 N–H and O–H groups in total. The van der Waals surface area contributed by atoms with Crippen LogP contribution < -0.4 is 16.4 Å². The summed E-state index contributed by atoms with van der Waals surface area (Å²) < 4.78 is 7.49. The van der Waals surface area contributed by atoms with Gasteiger partial charge in [-0.1, -0.05) is 55.7 Å². The number of rotatable bonds is 7. The summed E-state index contributed by atoms with van der Waals surface area (Å²) in [6, 6.07) is 14.3. The van der Waals surface area contributed by atoms with Crippen LogP contribution in [0.3, 0.4) is 0 Å². The van der Waals surface area contributed by atoms with Crippen molar-refractivity contribution < 1.29 is 9.57 Å². The number of hydrogen-bond donors (Lipinski definition) is 3. The molecular weight excluding hydrogens is 358 g/mol. The van der Waals surface area contributed by atoms with Gasteiger partial charge in [0, 0.05) is 12.2 Å². The Balaban J connectivity index is 0.00000114. The van der Waals surface area contributed by atoms with E-state index in [1.807, 2.05) is 31.3 Å². The zero-order chi connectivity index (χ0) is 20.2. The summed E-state index contributed by atoms with van der Waals surface area (Å²) in [4.78, 5) is 3.75. The van der Waals surface area contributed by atoms with Crippen molar-refractivity contribution in [1.82, 2.24) is 4.31 Å². The van der Waals surface area contributed by atoms with Crippen LogP contribution in [-0.4, -0.2) is 31.6 Å². The van der Waals surface area contributed by atoms with Gasteiger partial charge in [0.15, 0.2) is 0 Å². The van der Waals surface area contributed by atoms with Crippen molar-refractivity contribution in [1.29, 1.82) is 0 Å². The van der Waals surface area contributed by atoms with E-state index in [2.05, 4.69) is 67.7 Å². The SMILES string of the molecule is CON.Cc1ccc(N)c(/C=C/C(C)c2ccc(OCCN(C)S)cc2)c1. The summed E-state index contributed by atoms with van der Waals surface area (Å²) >= 11 is 4.19. The molecule has 0 aliphatic rings. The van der Waals surface area contributed by atoms with Crippen LogP contribution in [0.4, 0.5) is 5.69 Å². The molecule has 0 saturated carbocycles. The molecular formula is C21H31N3O2S. The maximum Gasteiger partial charge on any atom is 0.119 e. The minimum atomic E-state index is 0.308. The fourth-order valence-electron chi connectivity index (χ4n) is 2.36. The van der Waals surface area contributed by atoms with E-state index in [4.69, 9.17) is 10.5 Å². The number of hydrogen-bond acceptors (Lipinski definition) is 6. The van der Waals surface area contributed by atoms with Gasteiger partial charge in [-0.15, -0.1) is 0 Å². The topological polar surface area (TPSA) is 73.7 Å². The molecule has 5 nitrogen and oxygen atoms in total. The van der Waals surface area contributed by atoms with Gasteiger partial charge in [0.2, 0.25) is 0 Å². The number of aryl methyl sites for hydroxylation is 1. The van der Waals surface area contributed by atoms with E-state index in [1.165, 1.54) is 18.2 Å². The van der Waals surface area contributed by atoms with Gasteiger partial charge in [-0.3, -0.25) is 4.31 Å². The molecule has 0 heterocycles. The Morgan fingerprint density at radius 2 is 1.81 bits per heavy atom. The molecule has 6 heteroatoms. The van der Waals surface area contributed by atoms with Crippen molar-refractivity contribution in [3.05, 3.63) is 65.2 Å². The highest BCUT2D eigenvalue weighted by Gasteiger charge is 2.03. The molecule has 2 aromatic carbocycles. The second-order valence-electron chi connectivity index (χ2n) is 6.31. The predicted octanol–water partition coefficient (Wildman–Crippen LogP) is 4.06. The lowest BCUT2D eigenvalue weighted by Gasteiger charge is -2.12. The van der Waals surface area contributed by atoms with Crippen LogP contribution >= 0.6 is 12.8 Å². The first-order valence-electron chi connectivity index (χ1n) is 8.77. The number of allylic oxidation sites excluding steroid dienone is 1. The van der Waals surface area contributed by atoms with Gasteiger partial charge in [0.1, 0.15) is 12.4 Å². The van der Waals surface area contributed by atoms with Crippen molar-refractivity contribution >= 4 is 24.6 Å². The lowest BCUT2D eigenvalue weighted by Crippen LogP contribution is -2.14. The van der Waals surface area contributed by atoms with Crippen molar-refractivity contribution in [2.75, 3.05) is 33.0 Å². The monoisotopic (exact) mass is 389 g/mol. The zero-order valence-corrected chi connectivity index (χ0v) is 17.4. The van der Waals surface area contributed by atoms with Crippen LogP contribution in [0.5, 0.6) is 5.75 Å². The highest BCUT2D eigenvalue weighted by molar-refractivity contribution is 7.77. The van der Waals surface area contributed by atoms with Crippen molar-refractivity contribution in [3.8, 4) is 5.75 Å². The van der Waals surface area contributed by atoms with E-state index >= 15 is 0 Å². The summed E-state index contributed by atoms with van der Waals surface area (Å²) in [7, 11) is 3.31. The van der Waals surface area contributed by atoms with Crippen LogP contribution in [0.25, 0.3) is 6.08 Å². The number of benzene rings is 2. The maximum atomic E-state index is 6.03. The van der Waals surface area contributed by atoms with Crippen molar-refractivity contribution in [2.45, 2.75) is 19.8 Å². The van der Waals surface area contributed by atoms with E-state index in [0.717, 1.165) is 23.5 Å². The van der Waals surface area contributed by atoms with Crippen LogP contribution in [0, 0.1) is 6.92 Å². The lowest BCUT2D eigenvalue weighted by atomic mass is 9.99. The summed E-state index contributed by atoms with van der Waals surface area (Å²) in [5.74, 6) is 5.54. The Labute approximate surface area is 168 Å². The molecule has 0 bridgehead atoms. The number of nitrogen functional groups attached to an aromatic ring is 1. The molecule has 27 heavy (non-hydrogen) atoms. The highest BCUT2D eigenvalue weighted by atomic mass is 32.1. The molecule has 2 rings (SSSR count). The van der Waals surface area contributed by atoms with Gasteiger partial charge in [-0.25, -0.2) is 5.90 Å². The first kappa shape index (κ1) is 23.0. The molecule has 0 saturated heterocycles. The van der Waals surface area contributed by atoms with Gasteiger partial charge < -0.3 is 15.3 Å². The Morgan fingerprint density at radius 3 is 2.41 bits per heavy atom. The number of nitrogens with two attached hydrogens (primary N) is 2. The molecule has 0 amide bonds. The van der Waals surface area contributed by atoms with E-state index in [9.17, 15) is 0 Å². The third-order valence-corrected chi connectivity index (χ3v) is 4.10. The summed E-state index contributed by atoms with van der Waals surface area (Å²) in [5, 5.41) is 0. The number of ether oxygens (including phenoxy) is 1. The first-order valence-corrected chi connectivity index (χ1v) is 9.17. The number of anilines is 1. The second kappa shape index (κ2) is 12.4. The minimum Gasteiger partial charge on any atom is -0.492 e. The van der Waals surface area contributed by atoms with Gasteiger partial charge in [0.05, 0.1) is 7.11 Å². The maximum absolute atomic E-state index is 6.03. The third-order valence-electron chi connectivity index (χ3n) is 3.90. The van der Waals surface area contributed by atoms with E-state index in [1.54, 1.807) is 4.31 Å². The lowest BCUT2D eigenvalue weighted by molar-refractivity contribution is 0.206. The normalized spacial score (nSPS) is 12.0. The van der Waals surface area contributed by atoms with Crippen LogP contribution in [-0.2, 0) is 4.84 Å². The second-order valence-corrected chi connectivity index (χ2v) is 7.00. The fourth-order valence-corrected chi connectivity index (χ4v) is 2.44. The van der Waals surface area contributed by atoms with Crippen LogP contribution in [0.1, 0.15) is 29.5 Å². The molecule has 2 aromatic rings. The first-order chi connectivity index (χ1) is 12.9. The molecule has 0 spiro atoms. The number of nitrogens with zero attached hydrogens (tertiary/aromatic N) is 1. The molecule has 0 fully saturated rings. The van der Waals surface area contributed by atoms with Gasteiger partial charge in [-0.2, -0.15) is 0 Å². The summed E-state index contributed by atoms with van der Waals surface area (Å²) in [6.07, 6.45) is 4.27. The third kappa shape index (κ3) is 8.97. The quantitative estimate of drug-likeness (QED) is 0.378. The molecule has 0 aliphatic heterocycles. The summed E-state index contributed by atoms with van der Waals surface area (Å²) in [5.41, 5.74) is 10.4. The standard InChI is InChI=1S/C20H26N2OS.CH5NO/c1-15-4-11-20(21)18(14-15)6-5-16(2)17-7-9-19(10-8-17)23-13-12-22(3)24;1-3-2/h4-11,14,16,24H,12-13,21H2,1-3H3;2H2,1H3/b6-5+;. The Kier molecular flexibility index (Phi) is 10.6. The molecule has 148 valence electrons. The zero-order valence-electron chi connectivity index (χ0n) is 16.6. The smallest absolute Gasteiger partial charge is 0.119 e. The van der Waals surface area contributed by atoms with Gasteiger partial charge >= 0.3 is 0 Å². The van der Waals surface area contributed by atoms with Crippen LogP contribution in [0.2, 0.25) is 0 Å². The molecule has 0 radical (unpaired) electrons. The van der Waals surface area contributed by atoms with Gasteiger partial charge in [-0.05, 0) is 55.3 Å². The average molecular weight is 390 g/mol. The molecule has 1 atom stereocenters. The fraction of sp³-hybridized carbons (Fsp3) is 0.333. The Morgan fingerprint density at radius 1 is 1.19 bits per heavy atom. The predicted molar refractivity (Wildman–Crippen MR) is 118 cm³/mol.